The molecule has 0 bridgehead atoms. The maximum absolute atomic E-state index is 12.4. The van der Waals surface area contributed by atoms with Crippen molar-refractivity contribution in [2.24, 2.45) is 0 Å². The van der Waals surface area contributed by atoms with Crippen LogP contribution in [0, 0.1) is 6.92 Å². The van der Waals surface area contributed by atoms with Crippen LogP contribution in [0.1, 0.15) is 35.8 Å². The molecule has 24 heavy (non-hydrogen) atoms. The van der Waals surface area contributed by atoms with Crippen molar-refractivity contribution < 1.29 is 9.53 Å². The number of benzene rings is 1. The average Bonchev–Trinajstić information content (AvgIpc) is 2.59. The molecule has 2 aromatic rings. The van der Waals surface area contributed by atoms with E-state index in [-0.39, 0.29) is 5.91 Å². The number of amides is 1. The number of ether oxygens (including phenoxy) is 1. The third-order valence-corrected chi connectivity index (χ3v) is 3.67. The number of aryl methyl sites for hydroxylation is 1. The molecule has 0 saturated heterocycles. The molecule has 0 spiro atoms. The minimum absolute atomic E-state index is 0.106. The monoisotopic (exact) mass is 328 g/mol. The molecule has 6 heteroatoms. The van der Waals surface area contributed by atoms with E-state index in [1.54, 1.807) is 31.3 Å². The summed E-state index contributed by atoms with van der Waals surface area (Å²) in [5, 5.41) is 3.12. The Bertz CT molecular complexity index is 703. The number of nitrogens with zero attached hydrogens (tertiary/aromatic N) is 3. The van der Waals surface area contributed by atoms with Crippen LogP contribution in [0.2, 0.25) is 0 Å². The predicted molar refractivity (Wildman–Crippen MR) is 94.9 cm³/mol. The van der Waals surface area contributed by atoms with E-state index < -0.39 is 0 Å². The van der Waals surface area contributed by atoms with Gasteiger partial charge in [0.05, 0.1) is 12.8 Å². The number of methoxy groups -OCH3 is 1. The van der Waals surface area contributed by atoms with Crippen LogP contribution < -0.4 is 10.1 Å². The van der Waals surface area contributed by atoms with E-state index in [4.69, 9.17) is 4.74 Å². The number of aromatic nitrogens is 2. The fourth-order valence-corrected chi connectivity index (χ4v) is 2.27. The number of nitrogens with one attached hydrogen (secondary N) is 1. The van der Waals surface area contributed by atoms with E-state index in [1.165, 1.54) is 0 Å². The minimum atomic E-state index is -0.106. The molecule has 0 saturated carbocycles. The third kappa shape index (κ3) is 4.44. The van der Waals surface area contributed by atoms with Gasteiger partial charge in [-0.15, -0.1) is 0 Å². The number of unbranched alkanes of at least 4 members (excludes halogenated alkanes) is 1. The van der Waals surface area contributed by atoms with Crippen LogP contribution in [-0.4, -0.2) is 41.5 Å². The topological polar surface area (TPSA) is 67.4 Å². The van der Waals surface area contributed by atoms with E-state index in [2.05, 4.69) is 22.2 Å². The average molecular weight is 328 g/mol. The summed E-state index contributed by atoms with van der Waals surface area (Å²) in [6, 6.07) is 7.42. The number of carbonyl (C=O) groups is 1. The molecule has 0 fully saturated rings. The smallest absolute Gasteiger partial charge is 0.272 e. The van der Waals surface area contributed by atoms with Crippen molar-refractivity contribution in [1.82, 2.24) is 14.9 Å². The second kappa shape index (κ2) is 8.29. The van der Waals surface area contributed by atoms with Crippen LogP contribution in [0.3, 0.4) is 0 Å². The minimum Gasteiger partial charge on any atom is -0.495 e. The number of hydrogen-bond donors (Lipinski definition) is 1. The number of rotatable bonds is 7. The molecule has 128 valence electrons. The highest BCUT2D eigenvalue weighted by Gasteiger charge is 2.14. The molecule has 1 amide bonds. The van der Waals surface area contributed by atoms with E-state index in [1.807, 2.05) is 25.1 Å². The van der Waals surface area contributed by atoms with E-state index in [0.29, 0.717) is 23.9 Å². The molecule has 0 aliphatic rings. The van der Waals surface area contributed by atoms with E-state index in [0.717, 1.165) is 24.1 Å². The summed E-state index contributed by atoms with van der Waals surface area (Å²) < 4.78 is 5.34. The van der Waals surface area contributed by atoms with Crippen molar-refractivity contribution in [3.8, 4) is 5.75 Å². The largest absolute Gasteiger partial charge is 0.495 e. The van der Waals surface area contributed by atoms with Gasteiger partial charge >= 0.3 is 0 Å². The van der Waals surface area contributed by atoms with Crippen molar-refractivity contribution in [2.45, 2.75) is 26.7 Å². The van der Waals surface area contributed by atoms with Crippen molar-refractivity contribution in [3.05, 3.63) is 41.7 Å². The van der Waals surface area contributed by atoms with Crippen molar-refractivity contribution in [3.63, 3.8) is 0 Å². The number of hydrogen-bond acceptors (Lipinski definition) is 5. The van der Waals surface area contributed by atoms with Crippen LogP contribution in [0.25, 0.3) is 0 Å². The lowest BCUT2D eigenvalue weighted by Crippen LogP contribution is -2.28. The van der Waals surface area contributed by atoms with Gasteiger partial charge in [0.25, 0.3) is 5.91 Å². The van der Waals surface area contributed by atoms with Gasteiger partial charge in [0, 0.05) is 19.8 Å². The van der Waals surface area contributed by atoms with Gasteiger partial charge in [0.2, 0.25) is 5.95 Å². The fourth-order valence-electron chi connectivity index (χ4n) is 2.27. The summed E-state index contributed by atoms with van der Waals surface area (Å²) in [6.45, 7) is 4.81. The van der Waals surface area contributed by atoms with Gasteiger partial charge in [0.1, 0.15) is 11.4 Å². The summed E-state index contributed by atoms with van der Waals surface area (Å²) in [5.41, 5.74) is 2.23. The second-order valence-corrected chi connectivity index (χ2v) is 5.67. The van der Waals surface area contributed by atoms with Gasteiger partial charge in [-0.25, -0.2) is 9.97 Å². The van der Waals surface area contributed by atoms with Gasteiger partial charge in [-0.2, -0.15) is 0 Å². The first-order valence-electron chi connectivity index (χ1n) is 8.05. The highest BCUT2D eigenvalue weighted by atomic mass is 16.5. The van der Waals surface area contributed by atoms with Crippen LogP contribution in [0.4, 0.5) is 11.6 Å². The summed E-state index contributed by atoms with van der Waals surface area (Å²) in [4.78, 5) is 22.6. The maximum Gasteiger partial charge on any atom is 0.272 e. The zero-order chi connectivity index (χ0) is 17.5. The standard InChI is InChI=1S/C18H24N4O2/c1-5-6-11-22(3)17(23)14-9-10-19-18(20-14)21-15-12-13(2)7-8-16(15)24-4/h7-10,12H,5-6,11H2,1-4H3,(H,19,20,21). The summed E-state index contributed by atoms with van der Waals surface area (Å²) in [6.07, 6.45) is 3.60. The number of anilines is 2. The van der Waals surface area contributed by atoms with E-state index in [9.17, 15) is 4.79 Å². The Balaban J connectivity index is 2.19. The van der Waals surface area contributed by atoms with Gasteiger partial charge in [-0.3, -0.25) is 4.79 Å². The predicted octanol–water partition coefficient (Wildman–Crippen LogP) is 3.41. The fraction of sp³-hybridized carbons (Fsp3) is 0.389. The first kappa shape index (κ1) is 17.7. The molecule has 1 N–H and O–H groups in total. The Hall–Kier alpha value is -2.63. The quantitative estimate of drug-likeness (QED) is 0.843. The molecule has 1 aromatic carbocycles. The Morgan fingerprint density at radius 3 is 2.83 bits per heavy atom. The van der Waals surface area contributed by atoms with Gasteiger partial charge < -0.3 is 15.0 Å². The van der Waals surface area contributed by atoms with Crippen molar-refractivity contribution >= 4 is 17.5 Å². The van der Waals surface area contributed by atoms with Crippen LogP contribution in [0.15, 0.2) is 30.5 Å². The lowest BCUT2D eigenvalue weighted by atomic mass is 10.2. The van der Waals surface area contributed by atoms with Crippen LogP contribution >= 0.6 is 0 Å². The molecular formula is C18H24N4O2. The van der Waals surface area contributed by atoms with Gasteiger partial charge in [-0.05, 0) is 37.1 Å². The van der Waals surface area contributed by atoms with Crippen molar-refractivity contribution in [1.29, 1.82) is 0 Å². The van der Waals surface area contributed by atoms with Crippen LogP contribution in [-0.2, 0) is 0 Å². The first-order chi connectivity index (χ1) is 11.5. The highest BCUT2D eigenvalue weighted by Crippen LogP contribution is 2.27. The summed E-state index contributed by atoms with van der Waals surface area (Å²) >= 11 is 0. The molecule has 6 nitrogen and oxygen atoms in total. The van der Waals surface area contributed by atoms with Gasteiger partial charge in [-0.1, -0.05) is 19.4 Å². The SMILES string of the molecule is CCCCN(C)C(=O)c1ccnc(Nc2cc(C)ccc2OC)n1. The Kier molecular flexibility index (Phi) is 6.12. The molecule has 2 rings (SSSR count). The maximum atomic E-state index is 12.4. The second-order valence-electron chi connectivity index (χ2n) is 5.67. The Morgan fingerprint density at radius 2 is 2.12 bits per heavy atom. The van der Waals surface area contributed by atoms with Crippen molar-refractivity contribution in [2.75, 3.05) is 26.0 Å². The molecule has 0 radical (unpaired) electrons. The summed E-state index contributed by atoms with van der Waals surface area (Å²) in [5.74, 6) is 0.958. The molecule has 0 aliphatic heterocycles. The highest BCUT2D eigenvalue weighted by molar-refractivity contribution is 5.92. The molecule has 0 atom stereocenters. The zero-order valence-corrected chi connectivity index (χ0v) is 14.7. The van der Waals surface area contributed by atoms with E-state index >= 15 is 0 Å². The third-order valence-electron chi connectivity index (χ3n) is 3.67. The lowest BCUT2D eigenvalue weighted by molar-refractivity contribution is 0.0787. The van der Waals surface area contributed by atoms with Gasteiger partial charge in [0.15, 0.2) is 0 Å². The normalized spacial score (nSPS) is 10.3. The van der Waals surface area contributed by atoms with Crippen LogP contribution in [0.5, 0.6) is 5.75 Å². The zero-order valence-electron chi connectivity index (χ0n) is 14.7. The first-order valence-corrected chi connectivity index (χ1v) is 8.05. The Labute approximate surface area is 142 Å². The Morgan fingerprint density at radius 1 is 1.33 bits per heavy atom. The summed E-state index contributed by atoms with van der Waals surface area (Å²) in [7, 11) is 3.40. The molecule has 1 heterocycles. The lowest BCUT2D eigenvalue weighted by Gasteiger charge is -2.16. The molecule has 1 aromatic heterocycles. The molecule has 0 unspecified atom stereocenters. The molecule has 0 aliphatic carbocycles. The number of carbonyl (C=O) groups excluding carboxylic acids is 1. The molecular weight excluding hydrogens is 304 g/mol.